The lowest BCUT2D eigenvalue weighted by Crippen LogP contribution is -2.48. The lowest BCUT2D eigenvalue weighted by atomic mass is 10.1. The monoisotopic (exact) mass is 394 g/mol. The van der Waals surface area contributed by atoms with Gasteiger partial charge in [-0.05, 0) is 31.2 Å². The van der Waals surface area contributed by atoms with Crippen molar-refractivity contribution in [3.8, 4) is 17.3 Å². The van der Waals surface area contributed by atoms with Gasteiger partial charge in [0.05, 0.1) is 30.3 Å². The molecule has 2 aliphatic heterocycles. The van der Waals surface area contributed by atoms with E-state index in [1.807, 2.05) is 35.2 Å². The first kappa shape index (κ1) is 18.9. The number of rotatable bonds is 4. The van der Waals surface area contributed by atoms with Crippen molar-refractivity contribution in [2.75, 3.05) is 43.5 Å². The standard InChI is InChI=1S/C21H22N4O2S/c1-15-13-27-10-9-24(15)7-8-25-19-11-16(5-6-20(19)28-14-21(25)26)18-4-2-3-17(12-22)23-18/h2-6,11,15H,7-10,13-14H2,1H3/t15-/m0/s1. The number of amides is 1. The number of ether oxygens (including phenoxy) is 1. The minimum atomic E-state index is 0.134. The summed E-state index contributed by atoms with van der Waals surface area (Å²) in [4.78, 5) is 22.4. The Morgan fingerprint density at radius 1 is 1.32 bits per heavy atom. The van der Waals surface area contributed by atoms with E-state index < -0.39 is 0 Å². The van der Waals surface area contributed by atoms with Gasteiger partial charge in [-0.25, -0.2) is 4.98 Å². The van der Waals surface area contributed by atoms with Crippen LogP contribution in [0.4, 0.5) is 5.69 Å². The molecule has 1 atom stereocenters. The fraction of sp³-hybridized carbons (Fsp3) is 0.381. The summed E-state index contributed by atoms with van der Waals surface area (Å²) in [6, 6.07) is 13.9. The molecule has 1 saturated heterocycles. The minimum Gasteiger partial charge on any atom is -0.379 e. The normalized spacial score (nSPS) is 19.9. The number of nitriles is 1. The van der Waals surface area contributed by atoms with E-state index in [1.165, 1.54) is 0 Å². The van der Waals surface area contributed by atoms with E-state index >= 15 is 0 Å². The molecule has 1 amide bonds. The Bertz CT molecular complexity index is 927. The van der Waals surface area contributed by atoms with Crippen LogP contribution >= 0.6 is 11.8 Å². The molecule has 7 heteroatoms. The summed E-state index contributed by atoms with van der Waals surface area (Å²) in [6.07, 6.45) is 0. The molecule has 2 aromatic rings. The van der Waals surface area contributed by atoms with Crippen molar-refractivity contribution in [2.24, 2.45) is 0 Å². The van der Waals surface area contributed by atoms with E-state index in [2.05, 4.69) is 22.9 Å². The summed E-state index contributed by atoms with van der Waals surface area (Å²) in [6.45, 7) is 6.03. The number of fused-ring (bicyclic) bond motifs is 1. The molecule has 3 heterocycles. The summed E-state index contributed by atoms with van der Waals surface area (Å²) < 4.78 is 5.51. The summed E-state index contributed by atoms with van der Waals surface area (Å²) in [5.41, 5.74) is 2.98. The number of aromatic nitrogens is 1. The third-order valence-corrected chi connectivity index (χ3v) is 6.22. The Morgan fingerprint density at radius 3 is 3.04 bits per heavy atom. The molecule has 2 aliphatic rings. The second kappa shape index (κ2) is 8.31. The molecule has 0 spiro atoms. The summed E-state index contributed by atoms with van der Waals surface area (Å²) in [7, 11) is 0. The minimum absolute atomic E-state index is 0.134. The molecular formula is C21H22N4O2S. The Morgan fingerprint density at radius 2 is 2.21 bits per heavy atom. The van der Waals surface area contributed by atoms with Crippen LogP contribution in [0.5, 0.6) is 0 Å². The molecule has 1 fully saturated rings. The van der Waals surface area contributed by atoms with Crippen LogP contribution in [0, 0.1) is 11.3 Å². The van der Waals surface area contributed by atoms with E-state index in [4.69, 9.17) is 10.00 Å². The van der Waals surface area contributed by atoms with Crippen molar-refractivity contribution in [3.63, 3.8) is 0 Å². The SMILES string of the molecule is C[C@H]1COCCN1CCN1C(=O)CSc2ccc(-c3cccc(C#N)n3)cc21. The van der Waals surface area contributed by atoms with Crippen LogP contribution in [-0.2, 0) is 9.53 Å². The van der Waals surface area contributed by atoms with Gasteiger partial charge in [0.2, 0.25) is 5.91 Å². The topological polar surface area (TPSA) is 69.5 Å². The van der Waals surface area contributed by atoms with Crippen LogP contribution < -0.4 is 4.90 Å². The van der Waals surface area contributed by atoms with Crippen molar-refractivity contribution in [1.29, 1.82) is 5.26 Å². The highest BCUT2D eigenvalue weighted by Gasteiger charge is 2.27. The number of carbonyl (C=O) groups excluding carboxylic acids is 1. The zero-order chi connectivity index (χ0) is 19.5. The second-order valence-corrected chi connectivity index (χ2v) is 8.01. The number of hydrogen-bond donors (Lipinski definition) is 0. The van der Waals surface area contributed by atoms with Gasteiger partial charge in [-0.3, -0.25) is 9.69 Å². The number of benzene rings is 1. The maximum absolute atomic E-state index is 12.7. The number of nitrogens with zero attached hydrogens (tertiary/aromatic N) is 4. The van der Waals surface area contributed by atoms with E-state index in [9.17, 15) is 4.79 Å². The third kappa shape index (κ3) is 3.90. The van der Waals surface area contributed by atoms with Gasteiger partial charge in [-0.15, -0.1) is 11.8 Å². The molecule has 6 nitrogen and oxygen atoms in total. The number of thioether (sulfide) groups is 1. The fourth-order valence-electron chi connectivity index (χ4n) is 3.59. The van der Waals surface area contributed by atoms with Gasteiger partial charge < -0.3 is 9.64 Å². The third-order valence-electron chi connectivity index (χ3n) is 5.18. The Kier molecular flexibility index (Phi) is 5.62. The zero-order valence-electron chi connectivity index (χ0n) is 15.8. The quantitative estimate of drug-likeness (QED) is 0.794. The van der Waals surface area contributed by atoms with Crippen LogP contribution in [0.1, 0.15) is 12.6 Å². The maximum Gasteiger partial charge on any atom is 0.237 e. The van der Waals surface area contributed by atoms with Crippen LogP contribution in [0.3, 0.4) is 0 Å². The molecular weight excluding hydrogens is 372 g/mol. The van der Waals surface area contributed by atoms with Crippen LogP contribution in [0.2, 0.25) is 0 Å². The zero-order valence-corrected chi connectivity index (χ0v) is 16.6. The Hall–Kier alpha value is -2.40. The van der Waals surface area contributed by atoms with Gasteiger partial charge in [0.1, 0.15) is 11.8 Å². The molecule has 4 rings (SSSR count). The first-order chi connectivity index (χ1) is 13.7. The number of morpholine rings is 1. The predicted molar refractivity (Wildman–Crippen MR) is 109 cm³/mol. The molecule has 0 unspecified atom stereocenters. The first-order valence-electron chi connectivity index (χ1n) is 9.42. The second-order valence-electron chi connectivity index (χ2n) is 7.00. The largest absolute Gasteiger partial charge is 0.379 e. The molecule has 1 aromatic carbocycles. The number of pyridine rings is 1. The van der Waals surface area contributed by atoms with Gasteiger partial charge in [-0.1, -0.05) is 12.1 Å². The van der Waals surface area contributed by atoms with E-state index in [-0.39, 0.29) is 5.91 Å². The highest BCUT2D eigenvalue weighted by molar-refractivity contribution is 8.00. The van der Waals surface area contributed by atoms with E-state index in [0.29, 0.717) is 24.0 Å². The predicted octanol–water partition coefficient (Wildman–Crippen LogP) is 2.78. The van der Waals surface area contributed by atoms with Crippen molar-refractivity contribution < 1.29 is 9.53 Å². The van der Waals surface area contributed by atoms with Crippen LogP contribution in [-0.4, -0.2) is 60.4 Å². The van der Waals surface area contributed by atoms with Crippen molar-refractivity contribution in [3.05, 3.63) is 42.1 Å². The average Bonchev–Trinajstić information content (AvgIpc) is 2.74. The van der Waals surface area contributed by atoms with Gasteiger partial charge in [0, 0.05) is 36.1 Å². The molecule has 144 valence electrons. The lowest BCUT2D eigenvalue weighted by molar-refractivity contribution is -0.116. The van der Waals surface area contributed by atoms with Gasteiger partial charge in [-0.2, -0.15) is 5.26 Å². The first-order valence-corrected chi connectivity index (χ1v) is 10.4. The Balaban J connectivity index is 1.59. The number of carbonyl (C=O) groups is 1. The van der Waals surface area contributed by atoms with Crippen LogP contribution in [0.15, 0.2) is 41.3 Å². The van der Waals surface area contributed by atoms with E-state index in [0.717, 1.165) is 48.1 Å². The number of anilines is 1. The van der Waals surface area contributed by atoms with Crippen molar-refractivity contribution >= 4 is 23.4 Å². The van der Waals surface area contributed by atoms with Crippen LogP contribution in [0.25, 0.3) is 11.3 Å². The average molecular weight is 395 g/mol. The molecule has 0 radical (unpaired) electrons. The fourth-order valence-corrected chi connectivity index (χ4v) is 4.50. The summed E-state index contributed by atoms with van der Waals surface area (Å²) in [5.74, 6) is 0.599. The highest BCUT2D eigenvalue weighted by Crippen LogP contribution is 2.38. The van der Waals surface area contributed by atoms with Crippen molar-refractivity contribution in [1.82, 2.24) is 9.88 Å². The van der Waals surface area contributed by atoms with Crippen molar-refractivity contribution in [2.45, 2.75) is 17.9 Å². The van der Waals surface area contributed by atoms with Gasteiger partial charge >= 0.3 is 0 Å². The van der Waals surface area contributed by atoms with E-state index in [1.54, 1.807) is 17.8 Å². The highest BCUT2D eigenvalue weighted by atomic mass is 32.2. The number of hydrogen-bond acceptors (Lipinski definition) is 6. The molecule has 0 bridgehead atoms. The molecule has 0 N–H and O–H groups in total. The molecule has 0 saturated carbocycles. The van der Waals surface area contributed by atoms with Gasteiger partial charge in [0.25, 0.3) is 0 Å². The molecule has 1 aromatic heterocycles. The smallest absolute Gasteiger partial charge is 0.237 e. The molecule has 0 aliphatic carbocycles. The lowest BCUT2D eigenvalue weighted by Gasteiger charge is -2.36. The molecule has 28 heavy (non-hydrogen) atoms. The summed E-state index contributed by atoms with van der Waals surface area (Å²) >= 11 is 1.58. The Labute approximate surface area is 169 Å². The van der Waals surface area contributed by atoms with Gasteiger partial charge in [0.15, 0.2) is 0 Å². The summed E-state index contributed by atoms with van der Waals surface area (Å²) in [5, 5.41) is 9.11. The maximum atomic E-state index is 12.7.